The summed E-state index contributed by atoms with van der Waals surface area (Å²) in [4.78, 5) is 20.6. The molecule has 0 atom stereocenters. The van der Waals surface area contributed by atoms with E-state index in [1.54, 1.807) is 6.92 Å². The van der Waals surface area contributed by atoms with Gasteiger partial charge in [-0.3, -0.25) is 25.7 Å². The fourth-order valence-corrected chi connectivity index (χ4v) is 2.93. The molecule has 0 radical (unpaired) electrons. The molecule has 2 rings (SSSR count). The Balaban J connectivity index is 2.37. The summed E-state index contributed by atoms with van der Waals surface area (Å²) in [6.07, 6.45) is 0. The predicted octanol–water partition coefficient (Wildman–Crippen LogP) is 4.67. The van der Waals surface area contributed by atoms with Gasteiger partial charge in [0.1, 0.15) is 17.2 Å². The van der Waals surface area contributed by atoms with Gasteiger partial charge in [0.05, 0.1) is 15.9 Å². The highest BCUT2D eigenvalue weighted by Gasteiger charge is 2.21. The Kier molecular flexibility index (Phi) is 5.39. The lowest BCUT2D eigenvalue weighted by Gasteiger charge is -2.05. The van der Waals surface area contributed by atoms with Crippen molar-refractivity contribution in [2.24, 2.45) is 5.10 Å². The smallest absolute Gasteiger partial charge is 0.301 e. The fraction of sp³-hybridized carbons (Fsp3) is 0.353. The molecule has 9 nitrogen and oxygen atoms in total. The number of aryl methyl sites for hydroxylation is 1. The summed E-state index contributed by atoms with van der Waals surface area (Å²) >= 11 is 0. The Hall–Kier alpha value is -3.23. The van der Waals surface area contributed by atoms with Crippen LogP contribution in [0.2, 0.25) is 0 Å². The molecule has 0 aliphatic carbocycles. The maximum Gasteiger partial charge on any atom is 0.301 e. The molecule has 0 spiro atoms. The zero-order chi connectivity index (χ0) is 19.6. The van der Waals surface area contributed by atoms with Crippen molar-refractivity contribution in [3.8, 4) is 0 Å². The van der Waals surface area contributed by atoms with Crippen LogP contribution in [0.15, 0.2) is 27.7 Å². The van der Waals surface area contributed by atoms with Crippen LogP contribution in [-0.4, -0.2) is 15.6 Å². The van der Waals surface area contributed by atoms with Gasteiger partial charge in [0.25, 0.3) is 5.69 Å². The van der Waals surface area contributed by atoms with E-state index in [0.717, 1.165) is 23.0 Å². The van der Waals surface area contributed by atoms with Crippen molar-refractivity contribution in [3.05, 3.63) is 61.1 Å². The Bertz CT molecular complexity index is 899. The first-order chi connectivity index (χ1) is 12.1. The van der Waals surface area contributed by atoms with Crippen LogP contribution in [0.3, 0.4) is 0 Å². The normalized spacial score (nSPS) is 11.7. The number of benzene rings is 1. The zero-order valence-corrected chi connectivity index (χ0v) is 15.2. The molecule has 0 aliphatic rings. The third-order valence-electron chi connectivity index (χ3n) is 4.02. The number of nitrogens with zero attached hydrogens (tertiary/aromatic N) is 3. The van der Waals surface area contributed by atoms with Crippen molar-refractivity contribution < 1.29 is 14.3 Å². The molecule has 0 amide bonds. The second-order valence-electron chi connectivity index (χ2n) is 6.21. The summed E-state index contributed by atoms with van der Waals surface area (Å²) in [6.45, 7) is 9.68. The Morgan fingerprint density at radius 1 is 1.19 bits per heavy atom. The lowest BCUT2D eigenvalue weighted by Crippen LogP contribution is -2.03. The summed E-state index contributed by atoms with van der Waals surface area (Å²) in [6, 6.07) is 3.33. The number of non-ortho nitro benzene ring substituents is 1. The molecule has 0 saturated heterocycles. The summed E-state index contributed by atoms with van der Waals surface area (Å²) in [7, 11) is 0. The SMILES string of the molecule is CC(=NNc1ccc([N+](=O)[O-])cc1[N+](=O)[O-])c1oc(C)c(C(C)C)c1C. The van der Waals surface area contributed by atoms with Crippen molar-refractivity contribution >= 4 is 22.8 Å². The number of nitrogens with one attached hydrogen (secondary N) is 1. The second-order valence-corrected chi connectivity index (χ2v) is 6.21. The minimum absolute atomic E-state index is 0.0602. The van der Waals surface area contributed by atoms with Gasteiger partial charge in [-0.25, -0.2) is 0 Å². The van der Waals surface area contributed by atoms with Gasteiger partial charge >= 0.3 is 5.69 Å². The van der Waals surface area contributed by atoms with Crippen molar-refractivity contribution in [2.45, 2.75) is 40.5 Å². The van der Waals surface area contributed by atoms with Crippen LogP contribution in [0.1, 0.15) is 49.3 Å². The summed E-state index contributed by atoms with van der Waals surface area (Å²) < 4.78 is 5.79. The number of hydrazone groups is 1. The number of furan rings is 1. The average molecular weight is 360 g/mol. The van der Waals surface area contributed by atoms with Crippen molar-refractivity contribution in [1.29, 1.82) is 0 Å². The molecule has 1 aromatic heterocycles. The third kappa shape index (κ3) is 3.71. The van der Waals surface area contributed by atoms with Crippen molar-refractivity contribution in [3.63, 3.8) is 0 Å². The predicted molar refractivity (Wildman–Crippen MR) is 97.9 cm³/mol. The lowest BCUT2D eigenvalue weighted by atomic mass is 9.98. The van der Waals surface area contributed by atoms with E-state index in [1.807, 2.05) is 13.8 Å². The molecule has 0 saturated carbocycles. The van der Waals surface area contributed by atoms with Gasteiger partial charge in [0.15, 0.2) is 5.76 Å². The standard InChI is InChI=1S/C17H20N4O5/c1-9(2)16-10(3)17(26-12(16)5)11(4)18-19-14-7-6-13(20(22)23)8-15(14)21(24)25/h6-9,19H,1-5H3. The topological polar surface area (TPSA) is 124 Å². The molecule has 26 heavy (non-hydrogen) atoms. The molecule has 2 aromatic rings. The molecule has 0 bridgehead atoms. The maximum absolute atomic E-state index is 11.2. The van der Waals surface area contributed by atoms with E-state index in [0.29, 0.717) is 17.4 Å². The number of nitro groups is 2. The molecule has 0 unspecified atom stereocenters. The van der Waals surface area contributed by atoms with E-state index < -0.39 is 15.5 Å². The zero-order valence-electron chi connectivity index (χ0n) is 15.2. The average Bonchev–Trinajstić information content (AvgIpc) is 2.86. The van der Waals surface area contributed by atoms with Gasteiger partial charge in [-0.2, -0.15) is 5.10 Å². The van der Waals surface area contributed by atoms with E-state index in [2.05, 4.69) is 24.4 Å². The lowest BCUT2D eigenvalue weighted by molar-refractivity contribution is -0.393. The van der Waals surface area contributed by atoms with Crippen molar-refractivity contribution in [1.82, 2.24) is 0 Å². The molecule has 138 valence electrons. The third-order valence-corrected chi connectivity index (χ3v) is 4.02. The molecule has 0 fully saturated rings. The number of rotatable bonds is 6. The highest BCUT2D eigenvalue weighted by atomic mass is 16.6. The number of nitro benzene ring substituents is 2. The van der Waals surface area contributed by atoms with Crippen LogP contribution >= 0.6 is 0 Å². The quantitative estimate of drug-likeness (QED) is 0.453. The first kappa shape index (κ1) is 19.1. The van der Waals surface area contributed by atoms with Gasteiger partial charge in [-0.05, 0) is 38.3 Å². The summed E-state index contributed by atoms with van der Waals surface area (Å²) in [5.41, 5.74) is 4.48. The Morgan fingerprint density at radius 2 is 1.85 bits per heavy atom. The first-order valence-corrected chi connectivity index (χ1v) is 7.96. The number of hydrogen-bond donors (Lipinski definition) is 1. The molecule has 1 heterocycles. The number of hydrogen-bond acceptors (Lipinski definition) is 7. The second kappa shape index (κ2) is 7.34. The minimum Gasteiger partial charge on any atom is -0.459 e. The molecular weight excluding hydrogens is 340 g/mol. The summed E-state index contributed by atoms with van der Waals surface area (Å²) in [5.74, 6) is 1.70. The monoisotopic (exact) mass is 360 g/mol. The van der Waals surface area contributed by atoms with Crippen LogP contribution in [0, 0.1) is 34.1 Å². The van der Waals surface area contributed by atoms with E-state index in [-0.39, 0.29) is 11.4 Å². The van der Waals surface area contributed by atoms with E-state index in [4.69, 9.17) is 4.42 Å². The number of anilines is 1. The Morgan fingerprint density at radius 3 is 2.35 bits per heavy atom. The van der Waals surface area contributed by atoms with Crippen LogP contribution in [0.25, 0.3) is 0 Å². The van der Waals surface area contributed by atoms with Crippen molar-refractivity contribution in [2.75, 3.05) is 5.43 Å². The van der Waals surface area contributed by atoms with Crippen LogP contribution in [0.4, 0.5) is 17.1 Å². The highest BCUT2D eigenvalue weighted by Crippen LogP contribution is 2.30. The van der Waals surface area contributed by atoms with Crippen LogP contribution in [0.5, 0.6) is 0 Å². The first-order valence-electron chi connectivity index (χ1n) is 7.96. The van der Waals surface area contributed by atoms with Gasteiger partial charge < -0.3 is 4.42 Å². The molecule has 1 N–H and O–H groups in total. The van der Waals surface area contributed by atoms with Gasteiger partial charge in [0, 0.05) is 11.6 Å². The summed E-state index contributed by atoms with van der Waals surface area (Å²) in [5, 5.41) is 26.1. The minimum atomic E-state index is -0.695. The largest absolute Gasteiger partial charge is 0.459 e. The van der Waals surface area contributed by atoms with E-state index in [1.165, 1.54) is 12.1 Å². The van der Waals surface area contributed by atoms with E-state index in [9.17, 15) is 20.2 Å². The highest BCUT2D eigenvalue weighted by molar-refractivity contribution is 5.98. The molecule has 0 aliphatic heterocycles. The fourth-order valence-electron chi connectivity index (χ4n) is 2.93. The van der Waals surface area contributed by atoms with Gasteiger partial charge in [-0.15, -0.1) is 0 Å². The molecular formula is C17H20N4O5. The van der Waals surface area contributed by atoms with Gasteiger partial charge in [-0.1, -0.05) is 13.8 Å². The van der Waals surface area contributed by atoms with Crippen LogP contribution in [-0.2, 0) is 0 Å². The molecule has 9 heteroatoms. The van der Waals surface area contributed by atoms with Gasteiger partial charge in [0.2, 0.25) is 0 Å². The van der Waals surface area contributed by atoms with E-state index >= 15 is 0 Å². The maximum atomic E-state index is 11.2. The Labute approximate surface area is 150 Å². The molecule has 1 aromatic carbocycles. The van der Waals surface area contributed by atoms with Crippen LogP contribution < -0.4 is 5.43 Å².